The van der Waals surface area contributed by atoms with Gasteiger partial charge in [0.1, 0.15) is 0 Å². The van der Waals surface area contributed by atoms with Crippen molar-refractivity contribution in [3.63, 3.8) is 0 Å². The molecule has 0 atom stereocenters. The zero-order chi connectivity index (χ0) is 15.4. The van der Waals surface area contributed by atoms with Crippen molar-refractivity contribution >= 4 is 5.91 Å². The Balaban J connectivity index is 1.38. The van der Waals surface area contributed by atoms with Gasteiger partial charge in [-0.1, -0.05) is 19.8 Å². The molecule has 0 aromatic rings. The fourth-order valence-electron chi connectivity index (χ4n) is 4.16. The Morgan fingerprint density at radius 3 is 2.05 bits per heavy atom. The lowest BCUT2D eigenvalue weighted by atomic mass is 10.2. The minimum atomic E-state index is 0.344. The molecule has 126 valence electrons. The molecule has 1 saturated carbocycles. The Morgan fingerprint density at radius 1 is 0.864 bits per heavy atom. The van der Waals surface area contributed by atoms with Crippen molar-refractivity contribution in [2.24, 2.45) is 0 Å². The number of nitrogens with zero attached hydrogens (tertiary/aromatic N) is 4. The smallest absolute Gasteiger partial charge is 0.236 e. The van der Waals surface area contributed by atoms with E-state index >= 15 is 0 Å². The number of likely N-dealkylation sites (N-methyl/N-ethyl adjacent to an activating group) is 1. The fraction of sp³-hybridized carbons (Fsp3) is 0.941. The maximum absolute atomic E-state index is 12.5. The molecule has 2 saturated heterocycles. The van der Waals surface area contributed by atoms with Gasteiger partial charge < -0.3 is 9.80 Å². The van der Waals surface area contributed by atoms with E-state index in [1.54, 1.807) is 0 Å². The van der Waals surface area contributed by atoms with Crippen LogP contribution in [-0.4, -0.2) is 97.0 Å². The van der Waals surface area contributed by atoms with Crippen molar-refractivity contribution in [3.8, 4) is 0 Å². The third kappa shape index (κ3) is 4.00. The maximum atomic E-state index is 12.5. The van der Waals surface area contributed by atoms with Gasteiger partial charge in [0.2, 0.25) is 5.91 Å². The average Bonchev–Trinajstić information content (AvgIpc) is 3.10. The van der Waals surface area contributed by atoms with Gasteiger partial charge in [0.05, 0.1) is 6.54 Å². The number of rotatable bonds is 4. The predicted octanol–water partition coefficient (Wildman–Crippen LogP) is 0.711. The number of hydrogen-bond donors (Lipinski definition) is 0. The second-order valence-corrected chi connectivity index (χ2v) is 7.07. The minimum Gasteiger partial charge on any atom is -0.339 e. The van der Waals surface area contributed by atoms with E-state index in [9.17, 15) is 4.79 Å². The molecular formula is C17H32N4O. The monoisotopic (exact) mass is 308 g/mol. The van der Waals surface area contributed by atoms with Crippen LogP contribution in [0.4, 0.5) is 0 Å². The predicted molar refractivity (Wildman–Crippen MR) is 89.0 cm³/mol. The van der Waals surface area contributed by atoms with Gasteiger partial charge in [-0.15, -0.1) is 0 Å². The Hall–Kier alpha value is -0.650. The van der Waals surface area contributed by atoms with Gasteiger partial charge >= 0.3 is 0 Å². The Morgan fingerprint density at radius 2 is 1.45 bits per heavy atom. The highest BCUT2D eigenvalue weighted by atomic mass is 16.2. The van der Waals surface area contributed by atoms with Crippen LogP contribution in [0.1, 0.15) is 32.6 Å². The van der Waals surface area contributed by atoms with Crippen LogP contribution in [0.2, 0.25) is 0 Å². The van der Waals surface area contributed by atoms with Crippen LogP contribution in [0, 0.1) is 0 Å². The second-order valence-electron chi connectivity index (χ2n) is 7.07. The number of amides is 1. The zero-order valence-corrected chi connectivity index (χ0v) is 14.2. The van der Waals surface area contributed by atoms with Gasteiger partial charge in [-0.3, -0.25) is 14.6 Å². The first-order chi connectivity index (χ1) is 10.8. The van der Waals surface area contributed by atoms with Crippen LogP contribution < -0.4 is 0 Å². The average molecular weight is 308 g/mol. The number of hydrogen-bond acceptors (Lipinski definition) is 4. The van der Waals surface area contributed by atoms with E-state index < -0.39 is 0 Å². The van der Waals surface area contributed by atoms with Crippen molar-refractivity contribution in [3.05, 3.63) is 0 Å². The molecule has 3 rings (SSSR count). The van der Waals surface area contributed by atoms with Crippen molar-refractivity contribution in [2.75, 3.05) is 65.4 Å². The Bertz CT molecular complexity index is 354. The number of piperazine rings is 2. The first kappa shape index (κ1) is 16.2. The fourth-order valence-corrected chi connectivity index (χ4v) is 4.16. The maximum Gasteiger partial charge on any atom is 0.236 e. The summed E-state index contributed by atoms with van der Waals surface area (Å²) in [5.74, 6) is 0.344. The minimum absolute atomic E-state index is 0.344. The first-order valence-corrected chi connectivity index (χ1v) is 9.23. The Kier molecular flexibility index (Phi) is 5.71. The summed E-state index contributed by atoms with van der Waals surface area (Å²) < 4.78 is 0. The molecule has 0 bridgehead atoms. The van der Waals surface area contributed by atoms with E-state index in [2.05, 4.69) is 26.5 Å². The summed E-state index contributed by atoms with van der Waals surface area (Å²) in [7, 11) is 0. The molecule has 3 aliphatic rings. The number of carbonyl (C=O) groups is 1. The van der Waals surface area contributed by atoms with E-state index in [4.69, 9.17) is 0 Å². The van der Waals surface area contributed by atoms with Crippen LogP contribution in [0.25, 0.3) is 0 Å². The SMILES string of the molecule is CCN1CCN(CC(=O)N2CCN(C3CCCC3)CC2)CC1. The van der Waals surface area contributed by atoms with Gasteiger partial charge in [0, 0.05) is 58.4 Å². The highest BCUT2D eigenvalue weighted by Crippen LogP contribution is 2.24. The molecule has 0 spiro atoms. The molecule has 5 nitrogen and oxygen atoms in total. The first-order valence-electron chi connectivity index (χ1n) is 9.23. The molecule has 0 unspecified atom stereocenters. The van der Waals surface area contributed by atoms with Crippen molar-refractivity contribution in [1.82, 2.24) is 19.6 Å². The van der Waals surface area contributed by atoms with Gasteiger partial charge in [0.15, 0.2) is 0 Å². The molecule has 5 heteroatoms. The number of carbonyl (C=O) groups excluding carboxylic acids is 1. The molecule has 1 aliphatic carbocycles. The molecule has 0 aromatic carbocycles. The third-order valence-electron chi connectivity index (χ3n) is 5.78. The molecular weight excluding hydrogens is 276 g/mol. The van der Waals surface area contributed by atoms with Gasteiger partial charge in [-0.05, 0) is 19.4 Å². The van der Waals surface area contributed by atoms with Crippen LogP contribution in [0.5, 0.6) is 0 Å². The van der Waals surface area contributed by atoms with Gasteiger partial charge in [0.25, 0.3) is 0 Å². The second kappa shape index (κ2) is 7.75. The molecule has 2 aliphatic heterocycles. The lowest BCUT2D eigenvalue weighted by Gasteiger charge is -2.39. The molecule has 1 amide bonds. The standard InChI is InChI=1S/C17H32N4O/c1-2-18-7-9-19(10-8-18)15-17(22)21-13-11-20(12-14-21)16-5-3-4-6-16/h16H,2-15H2,1H3. The van der Waals surface area contributed by atoms with E-state index in [0.29, 0.717) is 12.5 Å². The molecule has 3 fully saturated rings. The largest absolute Gasteiger partial charge is 0.339 e. The molecule has 22 heavy (non-hydrogen) atoms. The lowest BCUT2D eigenvalue weighted by molar-refractivity contribution is -0.134. The quantitative estimate of drug-likeness (QED) is 0.765. The van der Waals surface area contributed by atoms with Gasteiger partial charge in [-0.2, -0.15) is 0 Å². The molecule has 2 heterocycles. The van der Waals surface area contributed by atoms with Crippen molar-refractivity contribution in [1.29, 1.82) is 0 Å². The normalized spacial score (nSPS) is 26.7. The molecule has 0 aromatic heterocycles. The van der Waals surface area contributed by atoms with E-state index in [-0.39, 0.29) is 0 Å². The highest BCUT2D eigenvalue weighted by molar-refractivity contribution is 5.78. The summed E-state index contributed by atoms with van der Waals surface area (Å²) in [6.07, 6.45) is 5.53. The van der Waals surface area contributed by atoms with E-state index in [1.807, 2.05) is 0 Å². The summed E-state index contributed by atoms with van der Waals surface area (Å²) in [6.45, 7) is 12.3. The molecule has 0 N–H and O–H groups in total. The third-order valence-corrected chi connectivity index (χ3v) is 5.78. The van der Waals surface area contributed by atoms with Gasteiger partial charge in [-0.25, -0.2) is 0 Å². The summed E-state index contributed by atoms with van der Waals surface area (Å²) in [5, 5.41) is 0. The summed E-state index contributed by atoms with van der Waals surface area (Å²) >= 11 is 0. The zero-order valence-electron chi connectivity index (χ0n) is 14.2. The van der Waals surface area contributed by atoms with Crippen molar-refractivity contribution in [2.45, 2.75) is 38.6 Å². The van der Waals surface area contributed by atoms with E-state index in [1.165, 1.54) is 25.7 Å². The summed E-state index contributed by atoms with van der Waals surface area (Å²) in [5.41, 5.74) is 0. The summed E-state index contributed by atoms with van der Waals surface area (Å²) in [4.78, 5) is 22.0. The van der Waals surface area contributed by atoms with Crippen LogP contribution in [0.15, 0.2) is 0 Å². The van der Waals surface area contributed by atoms with Crippen LogP contribution in [0.3, 0.4) is 0 Å². The van der Waals surface area contributed by atoms with Crippen molar-refractivity contribution < 1.29 is 4.79 Å². The lowest BCUT2D eigenvalue weighted by Crippen LogP contribution is -2.55. The van der Waals surface area contributed by atoms with Crippen LogP contribution >= 0.6 is 0 Å². The topological polar surface area (TPSA) is 30.0 Å². The van der Waals surface area contributed by atoms with Crippen LogP contribution in [-0.2, 0) is 4.79 Å². The highest BCUT2D eigenvalue weighted by Gasteiger charge is 2.28. The van der Waals surface area contributed by atoms with E-state index in [0.717, 1.165) is 64.9 Å². The Labute approximate surface area is 135 Å². The molecule has 0 radical (unpaired) electrons. The summed E-state index contributed by atoms with van der Waals surface area (Å²) in [6, 6.07) is 0.805.